The van der Waals surface area contributed by atoms with Gasteiger partial charge in [0.15, 0.2) is 0 Å². The summed E-state index contributed by atoms with van der Waals surface area (Å²) in [5.41, 5.74) is 5.41. The maximum absolute atomic E-state index is 13.8. The molecule has 0 spiro atoms. The van der Waals surface area contributed by atoms with Gasteiger partial charge in [0.2, 0.25) is 0 Å². The number of benzene rings is 2. The minimum atomic E-state index is -1.34. The lowest BCUT2D eigenvalue weighted by molar-refractivity contribution is 0.0697. The number of hydrogen-bond acceptors (Lipinski definition) is 3. The monoisotopic (exact) mass is 352 g/mol. The van der Waals surface area contributed by atoms with Crippen LogP contribution in [0.2, 0.25) is 0 Å². The average molecular weight is 353 g/mol. The van der Waals surface area contributed by atoms with Gasteiger partial charge in [-0.05, 0) is 46.3 Å². The number of halogens is 2. The standard InChI is InChI=1S/C14H10BrFN2O3/c15-10-5-4-7(17)6-9(10)13(19)18-12-8(14(20)21)2-1-3-11(12)16/h1-6H,17H2,(H,18,19)(H,20,21). The van der Waals surface area contributed by atoms with E-state index in [2.05, 4.69) is 21.2 Å². The van der Waals surface area contributed by atoms with Crippen molar-refractivity contribution in [2.75, 3.05) is 11.1 Å². The van der Waals surface area contributed by atoms with E-state index in [0.29, 0.717) is 10.2 Å². The molecule has 21 heavy (non-hydrogen) atoms. The fraction of sp³-hybridized carbons (Fsp3) is 0. The van der Waals surface area contributed by atoms with Crippen molar-refractivity contribution in [2.45, 2.75) is 0 Å². The Bertz CT molecular complexity index is 734. The van der Waals surface area contributed by atoms with Crippen molar-refractivity contribution in [2.24, 2.45) is 0 Å². The van der Waals surface area contributed by atoms with Crippen LogP contribution in [0.15, 0.2) is 40.9 Å². The van der Waals surface area contributed by atoms with Crippen LogP contribution in [0.4, 0.5) is 15.8 Å². The molecule has 0 aromatic heterocycles. The maximum Gasteiger partial charge on any atom is 0.337 e. The number of carboxylic acids is 1. The molecule has 2 aromatic rings. The van der Waals surface area contributed by atoms with E-state index in [1.165, 1.54) is 18.2 Å². The van der Waals surface area contributed by atoms with E-state index in [4.69, 9.17) is 10.8 Å². The molecule has 0 aliphatic carbocycles. The van der Waals surface area contributed by atoms with Crippen molar-refractivity contribution in [3.63, 3.8) is 0 Å². The Hall–Kier alpha value is -2.41. The molecule has 0 radical (unpaired) electrons. The number of carboxylic acid groups (broad SMARTS) is 1. The Morgan fingerprint density at radius 2 is 1.90 bits per heavy atom. The van der Waals surface area contributed by atoms with Crippen LogP contribution in [0.5, 0.6) is 0 Å². The van der Waals surface area contributed by atoms with Crippen molar-refractivity contribution < 1.29 is 19.1 Å². The van der Waals surface area contributed by atoms with Gasteiger partial charge in [-0.25, -0.2) is 9.18 Å². The highest BCUT2D eigenvalue weighted by atomic mass is 79.9. The number of hydrogen-bond donors (Lipinski definition) is 3. The molecule has 0 bridgehead atoms. The summed E-state index contributed by atoms with van der Waals surface area (Å²) in [6.45, 7) is 0. The molecule has 0 heterocycles. The van der Waals surface area contributed by atoms with Gasteiger partial charge in [-0.1, -0.05) is 6.07 Å². The number of para-hydroxylation sites is 1. The molecule has 0 aliphatic heterocycles. The molecule has 0 saturated carbocycles. The second kappa shape index (κ2) is 5.92. The van der Waals surface area contributed by atoms with Gasteiger partial charge < -0.3 is 16.2 Å². The summed E-state index contributed by atoms with van der Waals surface area (Å²) in [7, 11) is 0. The second-order valence-electron chi connectivity index (χ2n) is 4.16. The topological polar surface area (TPSA) is 92.4 Å². The normalized spacial score (nSPS) is 10.2. The zero-order chi connectivity index (χ0) is 15.6. The zero-order valence-electron chi connectivity index (χ0n) is 10.6. The lowest BCUT2D eigenvalue weighted by atomic mass is 10.1. The van der Waals surface area contributed by atoms with Gasteiger partial charge in [0.1, 0.15) is 5.82 Å². The van der Waals surface area contributed by atoms with Gasteiger partial charge in [-0.15, -0.1) is 0 Å². The summed E-state index contributed by atoms with van der Waals surface area (Å²) >= 11 is 3.18. The molecule has 0 aliphatic rings. The number of nitrogen functional groups attached to an aromatic ring is 1. The van der Waals surface area contributed by atoms with E-state index in [9.17, 15) is 14.0 Å². The van der Waals surface area contributed by atoms with Crippen LogP contribution in [-0.2, 0) is 0 Å². The summed E-state index contributed by atoms with van der Waals surface area (Å²) in [5, 5.41) is 11.3. The Balaban J connectivity index is 2.41. The molecule has 0 atom stereocenters. The van der Waals surface area contributed by atoms with E-state index in [-0.39, 0.29) is 16.8 Å². The van der Waals surface area contributed by atoms with Crippen LogP contribution in [0, 0.1) is 5.82 Å². The maximum atomic E-state index is 13.8. The van der Waals surface area contributed by atoms with Crippen molar-refractivity contribution in [3.05, 3.63) is 57.8 Å². The van der Waals surface area contributed by atoms with Gasteiger partial charge in [0.05, 0.1) is 16.8 Å². The minimum Gasteiger partial charge on any atom is -0.478 e. The summed E-state index contributed by atoms with van der Waals surface area (Å²) in [4.78, 5) is 23.2. The molecule has 1 amide bonds. The van der Waals surface area contributed by atoms with E-state index in [0.717, 1.165) is 6.07 Å². The SMILES string of the molecule is Nc1ccc(Br)c(C(=O)Nc2c(F)cccc2C(=O)O)c1. The largest absolute Gasteiger partial charge is 0.478 e. The highest BCUT2D eigenvalue weighted by molar-refractivity contribution is 9.10. The summed E-state index contributed by atoms with van der Waals surface area (Å²) in [5.74, 6) is -2.83. The molecule has 4 N–H and O–H groups in total. The van der Waals surface area contributed by atoms with Crippen LogP contribution in [-0.4, -0.2) is 17.0 Å². The van der Waals surface area contributed by atoms with E-state index in [1.54, 1.807) is 12.1 Å². The number of amides is 1. The lowest BCUT2D eigenvalue weighted by Gasteiger charge is -2.11. The molecule has 0 fully saturated rings. The third-order valence-electron chi connectivity index (χ3n) is 2.72. The number of aromatic carboxylic acids is 1. The second-order valence-corrected chi connectivity index (χ2v) is 5.02. The Kier molecular flexibility index (Phi) is 4.23. The lowest BCUT2D eigenvalue weighted by Crippen LogP contribution is -2.17. The van der Waals surface area contributed by atoms with Crippen molar-refractivity contribution in [3.8, 4) is 0 Å². The molecule has 108 valence electrons. The molecule has 2 rings (SSSR count). The predicted molar refractivity (Wildman–Crippen MR) is 79.9 cm³/mol. The van der Waals surface area contributed by atoms with Gasteiger partial charge >= 0.3 is 5.97 Å². The molecule has 0 unspecified atom stereocenters. The minimum absolute atomic E-state index is 0.176. The van der Waals surface area contributed by atoms with Crippen LogP contribution in [0.3, 0.4) is 0 Å². The molecule has 2 aromatic carbocycles. The van der Waals surface area contributed by atoms with Crippen LogP contribution < -0.4 is 11.1 Å². The average Bonchev–Trinajstić information content (AvgIpc) is 2.43. The number of carbonyl (C=O) groups is 2. The number of anilines is 2. The fourth-order valence-corrected chi connectivity index (χ4v) is 2.15. The van der Waals surface area contributed by atoms with Gasteiger partial charge in [0.25, 0.3) is 5.91 Å². The highest BCUT2D eigenvalue weighted by Crippen LogP contribution is 2.24. The van der Waals surface area contributed by atoms with Crippen molar-refractivity contribution in [1.82, 2.24) is 0 Å². The van der Waals surface area contributed by atoms with E-state index >= 15 is 0 Å². The van der Waals surface area contributed by atoms with Gasteiger partial charge in [-0.3, -0.25) is 4.79 Å². The summed E-state index contributed by atoms with van der Waals surface area (Å²) in [6.07, 6.45) is 0. The predicted octanol–water partition coefficient (Wildman–Crippen LogP) is 3.12. The molecule has 5 nitrogen and oxygen atoms in total. The summed E-state index contributed by atoms with van der Waals surface area (Å²) in [6, 6.07) is 8.09. The first kappa shape index (κ1) is 15.0. The fourth-order valence-electron chi connectivity index (χ4n) is 1.73. The van der Waals surface area contributed by atoms with Crippen LogP contribution >= 0.6 is 15.9 Å². The molecule has 7 heteroatoms. The number of nitrogens with one attached hydrogen (secondary N) is 1. The Morgan fingerprint density at radius 3 is 2.57 bits per heavy atom. The van der Waals surface area contributed by atoms with Crippen molar-refractivity contribution >= 4 is 39.2 Å². The zero-order valence-corrected chi connectivity index (χ0v) is 12.1. The number of rotatable bonds is 3. The number of nitrogens with two attached hydrogens (primary N) is 1. The smallest absolute Gasteiger partial charge is 0.337 e. The Labute approximate surface area is 127 Å². The number of carbonyl (C=O) groups excluding carboxylic acids is 1. The van der Waals surface area contributed by atoms with E-state index in [1.807, 2.05) is 0 Å². The Morgan fingerprint density at radius 1 is 1.19 bits per heavy atom. The van der Waals surface area contributed by atoms with Crippen LogP contribution in [0.1, 0.15) is 20.7 Å². The summed E-state index contributed by atoms with van der Waals surface area (Å²) < 4.78 is 14.2. The first-order valence-electron chi connectivity index (χ1n) is 5.78. The molecular weight excluding hydrogens is 343 g/mol. The third kappa shape index (κ3) is 3.19. The highest BCUT2D eigenvalue weighted by Gasteiger charge is 2.18. The molecule has 0 saturated heterocycles. The van der Waals surface area contributed by atoms with Gasteiger partial charge in [-0.2, -0.15) is 0 Å². The van der Waals surface area contributed by atoms with Crippen molar-refractivity contribution in [1.29, 1.82) is 0 Å². The third-order valence-corrected chi connectivity index (χ3v) is 3.41. The van der Waals surface area contributed by atoms with Gasteiger partial charge in [0, 0.05) is 10.2 Å². The quantitative estimate of drug-likeness (QED) is 0.740. The van der Waals surface area contributed by atoms with E-state index < -0.39 is 17.7 Å². The first-order valence-corrected chi connectivity index (χ1v) is 6.57. The van der Waals surface area contributed by atoms with Crippen LogP contribution in [0.25, 0.3) is 0 Å². The first-order chi connectivity index (χ1) is 9.90. The molecular formula is C14H10BrFN2O3.